The smallest absolute Gasteiger partial charge is 0.266 e. The lowest BCUT2D eigenvalue weighted by Gasteiger charge is -2.06. The summed E-state index contributed by atoms with van der Waals surface area (Å²) in [5, 5.41) is 18.7. The summed E-state index contributed by atoms with van der Waals surface area (Å²) in [4.78, 5) is 12.5. The molecule has 0 spiro atoms. The Morgan fingerprint density at radius 1 is 1.22 bits per heavy atom. The molecule has 27 heavy (non-hydrogen) atoms. The van der Waals surface area contributed by atoms with E-state index >= 15 is 0 Å². The molecule has 6 nitrogen and oxygen atoms in total. The number of aromatic nitrogens is 3. The molecule has 0 unspecified atom stereocenters. The van der Waals surface area contributed by atoms with Crippen molar-refractivity contribution in [2.45, 2.75) is 20.8 Å². The third-order valence-corrected chi connectivity index (χ3v) is 4.79. The number of para-hydroxylation sites is 1. The van der Waals surface area contributed by atoms with Crippen molar-refractivity contribution in [2.75, 3.05) is 0 Å². The van der Waals surface area contributed by atoms with Gasteiger partial charge in [-0.15, -0.1) is 0 Å². The minimum Gasteiger partial charge on any atom is -0.266 e. The molecular weight excluding hydrogens is 385 g/mol. The van der Waals surface area contributed by atoms with Crippen molar-refractivity contribution in [3.63, 3.8) is 0 Å². The molecule has 0 aliphatic heterocycles. The molecule has 0 fully saturated rings. The third-order valence-electron chi connectivity index (χ3n) is 4.10. The molecule has 0 amide bonds. The molecule has 0 aliphatic rings. The van der Waals surface area contributed by atoms with Crippen LogP contribution in [0.5, 0.6) is 0 Å². The molecule has 0 N–H and O–H groups in total. The summed E-state index contributed by atoms with van der Waals surface area (Å²) in [5.74, 6) is 0. The van der Waals surface area contributed by atoms with E-state index in [9.17, 15) is 10.1 Å². The molecule has 0 bridgehead atoms. The van der Waals surface area contributed by atoms with Gasteiger partial charge >= 0.3 is 0 Å². The van der Waals surface area contributed by atoms with Gasteiger partial charge in [0.05, 0.1) is 28.2 Å². The third kappa shape index (κ3) is 3.39. The second kappa shape index (κ2) is 7.39. The van der Waals surface area contributed by atoms with Crippen LogP contribution in [-0.4, -0.2) is 20.7 Å². The molecule has 1 aromatic carbocycles. The number of benzene rings is 1. The molecule has 2 aromatic heterocycles. The quantitative estimate of drug-likeness (QED) is 0.624. The van der Waals surface area contributed by atoms with E-state index in [1.54, 1.807) is 39.0 Å². The number of nitriles is 1. The van der Waals surface area contributed by atoms with Gasteiger partial charge in [0.2, 0.25) is 0 Å². The van der Waals surface area contributed by atoms with Crippen LogP contribution < -0.4 is 5.56 Å². The zero-order valence-corrected chi connectivity index (χ0v) is 16.4. The van der Waals surface area contributed by atoms with Crippen molar-refractivity contribution < 1.29 is 0 Å². The summed E-state index contributed by atoms with van der Waals surface area (Å²) >= 11 is 12.7. The van der Waals surface area contributed by atoms with Crippen LogP contribution in [0, 0.1) is 32.1 Å². The van der Waals surface area contributed by atoms with Crippen molar-refractivity contribution in [2.24, 2.45) is 5.10 Å². The Morgan fingerprint density at radius 2 is 1.93 bits per heavy atom. The van der Waals surface area contributed by atoms with Crippen LogP contribution in [0.4, 0.5) is 0 Å². The summed E-state index contributed by atoms with van der Waals surface area (Å²) in [5.41, 5.74) is 2.64. The summed E-state index contributed by atoms with van der Waals surface area (Å²) in [6.07, 6.45) is 1.46. The van der Waals surface area contributed by atoms with Crippen molar-refractivity contribution in [3.8, 4) is 11.8 Å². The van der Waals surface area contributed by atoms with Gasteiger partial charge < -0.3 is 0 Å². The fourth-order valence-corrected chi connectivity index (χ4v) is 3.25. The lowest BCUT2D eigenvalue weighted by Crippen LogP contribution is -2.22. The van der Waals surface area contributed by atoms with Crippen LogP contribution in [-0.2, 0) is 0 Å². The summed E-state index contributed by atoms with van der Waals surface area (Å²) < 4.78 is 2.69. The molecular formula is C19H15Cl2N5O. The number of hydrogen-bond donors (Lipinski definition) is 0. The van der Waals surface area contributed by atoms with Crippen LogP contribution in [0.25, 0.3) is 5.69 Å². The highest BCUT2D eigenvalue weighted by Crippen LogP contribution is 2.26. The molecule has 136 valence electrons. The first-order valence-electron chi connectivity index (χ1n) is 8.03. The van der Waals surface area contributed by atoms with Gasteiger partial charge in [0.1, 0.15) is 16.8 Å². The van der Waals surface area contributed by atoms with E-state index in [-0.39, 0.29) is 5.56 Å². The lowest BCUT2D eigenvalue weighted by molar-refractivity contribution is 0.786. The molecule has 0 atom stereocenters. The van der Waals surface area contributed by atoms with E-state index < -0.39 is 5.56 Å². The Bertz CT molecular complexity index is 1170. The molecule has 0 radical (unpaired) electrons. The van der Waals surface area contributed by atoms with E-state index in [1.807, 2.05) is 18.2 Å². The lowest BCUT2D eigenvalue weighted by atomic mass is 10.1. The zero-order valence-electron chi connectivity index (χ0n) is 14.9. The fourth-order valence-electron chi connectivity index (χ4n) is 2.72. The van der Waals surface area contributed by atoms with E-state index in [2.05, 4.69) is 10.2 Å². The minimum absolute atomic E-state index is 0.0623. The van der Waals surface area contributed by atoms with E-state index in [0.717, 1.165) is 0 Å². The van der Waals surface area contributed by atoms with Gasteiger partial charge in [-0.2, -0.15) is 15.5 Å². The standard InChI is InChI=1S/C19H15Cl2N5O/c1-11-8-12(2)25(19(27)14(11)9-22)23-10-15-13(3)24-26(18(15)21)17-7-5-4-6-16(17)20/h4-8,10H,1-3H3/b23-10+. The second-order valence-electron chi connectivity index (χ2n) is 5.97. The molecule has 0 saturated heterocycles. The van der Waals surface area contributed by atoms with Gasteiger partial charge in [-0.05, 0) is 44.5 Å². The normalized spacial score (nSPS) is 11.1. The van der Waals surface area contributed by atoms with Crippen LogP contribution in [0.15, 0.2) is 40.2 Å². The SMILES string of the molecule is Cc1cc(C)n(/N=C/c2c(C)nn(-c3ccccc3Cl)c2Cl)c(=O)c1C#N. The van der Waals surface area contributed by atoms with Gasteiger partial charge in [-0.1, -0.05) is 35.3 Å². The maximum atomic E-state index is 12.5. The van der Waals surface area contributed by atoms with Crippen molar-refractivity contribution in [1.82, 2.24) is 14.5 Å². The van der Waals surface area contributed by atoms with Gasteiger partial charge in [-0.3, -0.25) is 4.79 Å². The first-order valence-corrected chi connectivity index (χ1v) is 8.78. The number of pyridine rings is 1. The maximum Gasteiger partial charge on any atom is 0.289 e. The molecule has 8 heteroatoms. The van der Waals surface area contributed by atoms with Crippen molar-refractivity contribution in [3.05, 3.63) is 78.9 Å². The summed E-state index contributed by atoms with van der Waals surface area (Å²) in [7, 11) is 0. The van der Waals surface area contributed by atoms with Gasteiger partial charge in [-0.25, -0.2) is 9.36 Å². The predicted molar refractivity (Wildman–Crippen MR) is 106 cm³/mol. The Kier molecular flexibility index (Phi) is 5.17. The average Bonchev–Trinajstić information content (AvgIpc) is 2.90. The first kappa shape index (κ1) is 18.9. The van der Waals surface area contributed by atoms with E-state index in [1.165, 1.54) is 15.6 Å². The van der Waals surface area contributed by atoms with Crippen molar-refractivity contribution >= 4 is 29.4 Å². The number of halogens is 2. The highest BCUT2D eigenvalue weighted by Gasteiger charge is 2.15. The monoisotopic (exact) mass is 399 g/mol. The second-order valence-corrected chi connectivity index (χ2v) is 6.74. The Labute approximate surface area is 165 Å². The van der Waals surface area contributed by atoms with Crippen LogP contribution in [0.3, 0.4) is 0 Å². The number of rotatable bonds is 3. The van der Waals surface area contributed by atoms with Crippen LogP contribution in [0.1, 0.15) is 28.1 Å². The van der Waals surface area contributed by atoms with Crippen molar-refractivity contribution in [1.29, 1.82) is 5.26 Å². The molecule has 2 heterocycles. The number of hydrogen-bond acceptors (Lipinski definition) is 4. The zero-order chi connectivity index (χ0) is 19.7. The summed E-state index contributed by atoms with van der Waals surface area (Å²) in [6.45, 7) is 5.25. The van der Waals surface area contributed by atoms with Gasteiger partial charge in [0.15, 0.2) is 0 Å². The van der Waals surface area contributed by atoms with E-state index in [0.29, 0.717) is 38.4 Å². The largest absolute Gasteiger partial charge is 0.289 e. The van der Waals surface area contributed by atoms with Crippen LogP contribution >= 0.6 is 23.2 Å². The average molecular weight is 400 g/mol. The Balaban J connectivity index is 2.10. The predicted octanol–water partition coefficient (Wildman–Crippen LogP) is 4.02. The fraction of sp³-hybridized carbons (Fsp3) is 0.158. The summed E-state index contributed by atoms with van der Waals surface area (Å²) in [6, 6.07) is 10.9. The molecule has 3 aromatic rings. The van der Waals surface area contributed by atoms with Gasteiger partial charge in [0.25, 0.3) is 5.56 Å². The maximum absolute atomic E-state index is 12.5. The molecule has 0 aliphatic carbocycles. The topological polar surface area (TPSA) is 76.0 Å². The van der Waals surface area contributed by atoms with Gasteiger partial charge in [0, 0.05) is 5.69 Å². The Hall–Kier alpha value is -2.88. The number of nitrogens with zero attached hydrogens (tertiary/aromatic N) is 5. The highest BCUT2D eigenvalue weighted by molar-refractivity contribution is 6.34. The first-order chi connectivity index (χ1) is 12.8. The minimum atomic E-state index is -0.474. The van der Waals surface area contributed by atoms with Crippen LogP contribution in [0.2, 0.25) is 10.2 Å². The number of aryl methyl sites for hydroxylation is 3. The molecule has 0 saturated carbocycles. The Morgan fingerprint density at radius 3 is 2.59 bits per heavy atom. The molecule has 3 rings (SSSR count). The highest BCUT2D eigenvalue weighted by atomic mass is 35.5. The van der Waals surface area contributed by atoms with E-state index in [4.69, 9.17) is 23.2 Å².